The molecule has 5 atom stereocenters. The molecule has 16 nitrogen and oxygen atoms in total. The topological polar surface area (TPSA) is 231 Å². The fraction of sp³-hybridized carbons (Fsp3) is 0.659. The van der Waals surface area contributed by atoms with Gasteiger partial charge in [0.25, 0.3) is 0 Å². The van der Waals surface area contributed by atoms with Crippen LogP contribution in [0.15, 0.2) is 158 Å². The molecular weight excluding hydrogens is 1340 g/mol. The summed E-state index contributed by atoms with van der Waals surface area (Å²) in [6.45, 7) is 2.46. The van der Waals surface area contributed by atoms with Crippen molar-refractivity contribution >= 4 is 33.6 Å². The van der Waals surface area contributed by atoms with E-state index >= 15 is 0 Å². The van der Waals surface area contributed by atoms with Gasteiger partial charge in [0, 0.05) is 19.3 Å². The maximum atomic E-state index is 13.0. The van der Waals surface area contributed by atoms with E-state index in [1.54, 1.807) is 0 Å². The standard InChI is InChI=1S/C85H142O16P2/c1-4-7-10-13-16-19-22-25-28-31-34-37-38-39-40-43-45-47-50-53-56-59-62-65-68-71-83(88)95-74-80(86)75-97-102(91,92)98-76-81(87)77-99-103(93,94)100-79-82(101-85(90)73-70-67-64-61-58-55-52-49-46-42-36-33-30-27-24-21-18-15-12-9-6-3)78-96-84(89)72-69-66-63-60-57-54-51-48-44-41-35-32-29-26-23-20-17-14-11-8-5-2/h8,11,16-21,25-30,34-37,39-42,48-49,51-52,80-82,86-87H,4-7,9-10,12-15,22-24,31-33,38,43-47,50,53-79H2,1-3H3,(H,91,92)(H,93,94)/b11-8-,19-16-,20-17-,21-18-,28-25-,29-26-,30-27-,37-34-,40-39-,41-35-,42-36-,51-48-,52-49-. The van der Waals surface area contributed by atoms with Crippen molar-refractivity contribution in [2.24, 2.45) is 0 Å². The Hall–Kier alpha value is -4.83. The average molecular weight is 1480 g/mol. The molecule has 0 aliphatic rings. The molecule has 0 saturated carbocycles. The summed E-state index contributed by atoms with van der Waals surface area (Å²) in [5.41, 5.74) is 0. The number of carbonyl (C=O) groups is 3. The predicted octanol–water partition coefficient (Wildman–Crippen LogP) is 23.4. The quantitative estimate of drug-likeness (QED) is 0.0146. The molecule has 0 spiro atoms. The molecule has 0 aromatic carbocycles. The van der Waals surface area contributed by atoms with Crippen LogP contribution in [0.1, 0.15) is 303 Å². The lowest BCUT2D eigenvalue weighted by Gasteiger charge is -2.21. The van der Waals surface area contributed by atoms with Crippen molar-refractivity contribution in [2.75, 3.05) is 39.6 Å². The number of ether oxygens (including phenoxy) is 3. The second kappa shape index (κ2) is 76.8. The third kappa shape index (κ3) is 78.1. The first-order valence-electron chi connectivity index (χ1n) is 39.8. The molecule has 0 fully saturated rings. The van der Waals surface area contributed by atoms with E-state index in [0.717, 1.165) is 173 Å². The minimum absolute atomic E-state index is 0.0730. The van der Waals surface area contributed by atoms with Gasteiger partial charge < -0.3 is 34.2 Å². The zero-order chi connectivity index (χ0) is 75.2. The van der Waals surface area contributed by atoms with Crippen LogP contribution in [-0.2, 0) is 55.8 Å². The highest BCUT2D eigenvalue weighted by molar-refractivity contribution is 7.47. The van der Waals surface area contributed by atoms with Gasteiger partial charge in [-0.25, -0.2) is 9.13 Å². The Morgan fingerprint density at radius 1 is 0.282 bits per heavy atom. The largest absolute Gasteiger partial charge is 0.472 e. The number of hydrogen-bond acceptors (Lipinski definition) is 14. The molecule has 0 aromatic heterocycles. The van der Waals surface area contributed by atoms with Gasteiger partial charge in [-0.1, -0.05) is 288 Å². The van der Waals surface area contributed by atoms with Crippen LogP contribution < -0.4 is 0 Å². The van der Waals surface area contributed by atoms with E-state index in [1.165, 1.54) is 70.6 Å². The van der Waals surface area contributed by atoms with Crippen LogP contribution in [0.2, 0.25) is 0 Å². The number of phosphoric acid groups is 2. The van der Waals surface area contributed by atoms with Crippen LogP contribution in [0.4, 0.5) is 0 Å². The third-order valence-electron chi connectivity index (χ3n) is 16.2. The molecule has 103 heavy (non-hydrogen) atoms. The number of allylic oxidation sites excluding steroid dienone is 26. The number of carbonyl (C=O) groups excluding carboxylic acids is 3. The van der Waals surface area contributed by atoms with Crippen LogP contribution in [0.3, 0.4) is 0 Å². The molecule has 0 aliphatic heterocycles. The molecule has 4 N–H and O–H groups in total. The highest BCUT2D eigenvalue weighted by atomic mass is 31.2. The highest BCUT2D eigenvalue weighted by Crippen LogP contribution is 2.45. The molecule has 0 bridgehead atoms. The van der Waals surface area contributed by atoms with Crippen LogP contribution >= 0.6 is 15.6 Å². The number of esters is 3. The summed E-state index contributed by atoms with van der Waals surface area (Å²) in [6.07, 6.45) is 95.5. The second-order valence-electron chi connectivity index (χ2n) is 26.1. The van der Waals surface area contributed by atoms with Gasteiger partial charge in [-0.05, 0) is 154 Å². The molecule has 0 rings (SSSR count). The minimum atomic E-state index is -4.95. The average Bonchev–Trinajstić information content (AvgIpc) is 0.935. The first kappa shape index (κ1) is 98.2. The molecule has 0 aromatic rings. The zero-order valence-electron chi connectivity index (χ0n) is 64.2. The lowest BCUT2D eigenvalue weighted by Crippen LogP contribution is -2.30. The van der Waals surface area contributed by atoms with E-state index in [-0.39, 0.29) is 19.3 Å². The molecule has 18 heteroatoms. The van der Waals surface area contributed by atoms with Gasteiger partial charge in [0.2, 0.25) is 0 Å². The summed E-state index contributed by atoms with van der Waals surface area (Å²) < 4.78 is 61.2. The Kier molecular flexibility index (Phi) is 73.2. The molecular formula is C85H142O16P2. The SMILES string of the molecule is CC/C=C\C/C=C\C/C=C\C/C=C\C/C=C\CCCCCCCC(=O)OCC(COP(=O)(O)OCC(O)COP(=O)(O)OCC(O)COC(=O)CCCCCCCCCCC/C=C\C/C=C\C/C=C\C/C=C\CCCCC)OC(=O)CCCCCCC/C=C\C/C=C\C/C=C\C/C=C\CCCCC. The van der Waals surface area contributed by atoms with Crippen molar-refractivity contribution in [3.63, 3.8) is 0 Å². The van der Waals surface area contributed by atoms with Gasteiger partial charge >= 0.3 is 33.6 Å². The fourth-order valence-corrected chi connectivity index (χ4v) is 11.7. The summed E-state index contributed by atoms with van der Waals surface area (Å²) in [6, 6.07) is 0. The molecule has 0 heterocycles. The first-order chi connectivity index (χ1) is 50.2. The zero-order valence-corrected chi connectivity index (χ0v) is 66.0. The Morgan fingerprint density at radius 3 is 0.816 bits per heavy atom. The van der Waals surface area contributed by atoms with Gasteiger partial charge in [-0.2, -0.15) is 0 Å². The van der Waals surface area contributed by atoms with Crippen molar-refractivity contribution in [2.45, 2.75) is 322 Å². The lowest BCUT2D eigenvalue weighted by molar-refractivity contribution is -0.161. The molecule has 588 valence electrons. The van der Waals surface area contributed by atoms with E-state index in [2.05, 4.69) is 179 Å². The number of rotatable bonds is 74. The van der Waals surface area contributed by atoms with Crippen molar-refractivity contribution in [3.8, 4) is 0 Å². The van der Waals surface area contributed by atoms with Crippen LogP contribution in [-0.4, -0.2) is 95.9 Å². The second-order valence-corrected chi connectivity index (χ2v) is 29.0. The van der Waals surface area contributed by atoms with Crippen LogP contribution in [0, 0.1) is 0 Å². The number of aliphatic hydroxyl groups excluding tert-OH is 2. The van der Waals surface area contributed by atoms with E-state index in [4.69, 9.17) is 32.3 Å². The molecule has 0 aliphatic carbocycles. The summed E-state index contributed by atoms with van der Waals surface area (Å²) in [5, 5.41) is 20.6. The van der Waals surface area contributed by atoms with E-state index in [9.17, 15) is 43.5 Å². The van der Waals surface area contributed by atoms with E-state index in [0.29, 0.717) is 19.3 Å². The lowest BCUT2D eigenvalue weighted by atomic mass is 10.1. The van der Waals surface area contributed by atoms with Crippen molar-refractivity contribution in [1.29, 1.82) is 0 Å². The molecule has 0 saturated heterocycles. The Morgan fingerprint density at radius 2 is 0.515 bits per heavy atom. The van der Waals surface area contributed by atoms with Crippen molar-refractivity contribution in [1.82, 2.24) is 0 Å². The molecule has 0 radical (unpaired) electrons. The Labute approximate surface area is 625 Å². The number of unbranched alkanes of at least 4 members (excludes halogenated alkanes) is 25. The number of aliphatic hydroxyl groups is 2. The summed E-state index contributed by atoms with van der Waals surface area (Å²) in [4.78, 5) is 58.7. The van der Waals surface area contributed by atoms with E-state index < -0.39 is 91.5 Å². The maximum absolute atomic E-state index is 13.0. The van der Waals surface area contributed by atoms with Gasteiger partial charge in [0.05, 0.1) is 26.4 Å². The van der Waals surface area contributed by atoms with Gasteiger partial charge in [0.15, 0.2) is 6.10 Å². The summed E-state index contributed by atoms with van der Waals surface area (Å²) in [7, 11) is -9.82. The van der Waals surface area contributed by atoms with Gasteiger partial charge in [0.1, 0.15) is 25.4 Å². The fourth-order valence-electron chi connectivity index (χ4n) is 10.2. The van der Waals surface area contributed by atoms with Crippen LogP contribution in [0.25, 0.3) is 0 Å². The maximum Gasteiger partial charge on any atom is 0.472 e. The predicted molar refractivity (Wildman–Crippen MR) is 426 cm³/mol. The summed E-state index contributed by atoms with van der Waals surface area (Å²) >= 11 is 0. The normalized spacial score (nSPS) is 14.8. The van der Waals surface area contributed by atoms with Crippen molar-refractivity contribution in [3.05, 3.63) is 158 Å². The van der Waals surface area contributed by atoms with E-state index in [1.807, 2.05) is 0 Å². The smallest absolute Gasteiger partial charge is 0.463 e. The number of phosphoric ester groups is 2. The van der Waals surface area contributed by atoms with Crippen LogP contribution in [0.5, 0.6) is 0 Å². The first-order valence-corrected chi connectivity index (χ1v) is 42.8. The summed E-state index contributed by atoms with van der Waals surface area (Å²) in [5.74, 6) is -1.63. The highest BCUT2D eigenvalue weighted by Gasteiger charge is 2.29. The monoisotopic (exact) mass is 1480 g/mol. The molecule has 0 amide bonds. The van der Waals surface area contributed by atoms with Gasteiger partial charge in [-0.3, -0.25) is 32.5 Å². The molecule has 5 unspecified atom stereocenters. The Balaban J connectivity index is 4.72. The third-order valence-corrected chi connectivity index (χ3v) is 18.1. The number of hydrogen-bond donors (Lipinski definition) is 4. The Bertz CT molecular complexity index is 2500. The van der Waals surface area contributed by atoms with Gasteiger partial charge in [-0.15, -0.1) is 0 Å². The minimum Gasteiger partial charge on any atom is -0.463 e. The van der Waals surface area contributed by atoms with Crippen molar-refractivity contribution < 1.29 is 75.8 Å².